The fourth-order valence-corrected chi connectivity index (χ4v) is 6.10. The van der Waals surface area contributed by atoms with Crippen molar-refractivity contribution in [3.8, 4) is 11.8 Å². The lowest BCUT2D eigenvalue weighted by Gasteiger charge is -2.38. The lowest BCUT2D eigenvalue weighted by atomic mass is 9.93. The number of halogens is 1. The Bertz CT molecular complexity index is 1250. The molecule has 218 valence electrons. The number of amides is 2. The molecule has 0 bridgehead atoms. The molecule has 1 aromatic carbocycles. The van der Waals surface area contributed by atoms with Crippen LogP contribution in [0.3, 0.4) is 0 Å². The zero-order chi connectivity index (χ0) is 28.8. The van der Waals surface area contributed by atoms with Crippen LogP contribution in [0.15, 0.2) is 30.3 Å². The quantitative estimate of drug-likeness (QED) is 0.502. The Kier molecular flexibility index (Phi) is 9.42. The molecule has 2 aromatic rings. The van der Waals surface area contributed by atoms with E-state index in [2.05, 4.69) is 25.3 Å². The summed E-state index contributed by atoms with van der Waals surface area (Å²) in [5.41, 5.74) is 0.739. The van der Waals surface area contributed by atoms with E-state index in [1.54, 1.807) is 24.3 Å². The van der Waals surface area contributed by atoms with Crippen LogP contribution in [0.1, 0.15) is 54.6 Å². The molecule has 2 amide bonds. The van der Waals surface area contributed by atoms with E-state index < -0.39 is 6.09 Å². The fourth-order valence-electron chi connectivity index (χ4n) is 5.88. The first-order chi connectivity index (χ1) is 19.9. The van der Waals surface area contributed by atoms with Gasteiger partial charge < -0.3 is 25.0 Å². The molecule has 12 heteroatoms. The Morgan fingerprint density at radius 2 is 1.73 bits per heavy atom. The molecule has 11 nitrogen and oxygen atoms in total. The van der Waals surface area contributed by atoms with Gasteiger partial charge in [-0.25, -0.2) is 4.79 Å². The number of hydrogen-bond donors (Lipinski definition) is 2. The molecule has 41 heavy (non-hydrogen) atoms. The Labute approximate surface area is 245 Å². The molecule has 2 aliphatic heterocycles. The van der Waals surface area contributed by atoms with E-state index in [0.29, 0.717) is 41.0 Å². The highest BCUT2D eigenvalue weighted by molar-refractivity contribution is 6.31. The Balaban J connectivity index is 1.02. The third-order valence-corrected chi connectivity index (χ3v) is 8.67. The number of anilines is 1. The van der Waals surface area contributed by atoms with Gasteiger partial charge in [-0.1, -0.05) is 11.6 Å². The van der Waals surface area contributed by atoms with Crippen LogP contribution in [0.4, 0.5) is 10.6 Å². The zero-order valence-electron chi connectivity index (χ0n) is 23.0. The highest BCUT2D eigenvalue weighted by Gasteiger charge is 2.27. The van der Waals surface area contributed by atoms with Gasteiger partial charge in [0.2, 0.25) is 0 Å². The number of aromatic nitrogens is 2. The van der Waals surface area contributed by atoms with E-state index in [1.807, 2.05) is 12.1 Å². The number of piperidine rings is 1. The van der Waals surface area contributed by atoms with Crippen molar-refractivity contribution in [2.75, 3.05) is 50.7 Å². The van der Waals surface area contributed by atoms with E-state index in [9.17, 15) is 9.59 Å². The molecule has 2 saturated heterocycles. The largest absolute Gasteiger partial charge is 0.490 e. The summed E-state index contributed by atoms with van der Waals surface area (Å²) >= 11 is 6.11. The molecular weight excluding hydrogens is 546 g/mol. The highest BCUT2D eigenvalue weighted by Crippen LogP contribution is 2.28. The average molecular weight is 582 g/mol. The van der Waals surface area contributed by atoms with Gasteiger partial charge in [0.1, 0.15) is 11.8 Å². The number of benzene rings is 1. The van der Waals surface area contributed by atoms with Crippen LogP contribution >= 0.6 is 11.6 Å². The monoisotopic (exact) mass is 581 g/mol. The topological polar surface area (TPSA) is 135 Å². The maximum absolute atomic E-state index is 12.8. The number of nitriles is 1. The third-order valence-electron chi connectivity index (χ3n) is 8.35. The molecule has 0 spiro atoms. The maximum atomic E-state index is 12.8. The maximum Gasteiger partial charge on any atom is 0.407 e. The summed E-state index contributed by atoms with van der Waals surface area (Å²) in [5.74, 6) is 1.81. The molecule has 1 aliphatic carbocycles. The van der Waals surface area contributed by atoms with Crippen LogP contribution in [0.25, 0.3) is 0 Å². The van der Waals surface area contributed by atoms with Crippen LogP contribution in [0, 0.1) is 17.2 Å². The highest BCUT2D eigenvalue weighted by atomic mass is 35.5. The van der Waals surface area contributed by atoms with Gasteiger partial charge in [-0.3, -0.25) is 9.69 Å². The summed E-state index contributed by atoms with van der Waals surface area (Å²) in [7, 11) is 0. The van der Waals surface area contributed by atoms with Gasteiger partial charge in [-0.05, 0) is 68.7 Å². The number of ether oxygens (including phenoxy) is 1. The van der Waals surface area contributed by atoms with Gasteiger partial charge in [0, 0.05) is 57.9 Å². The number of rotatable bonds is 7. The number of nitrogens with one attached hydrogen (secondary N) is 1. The SMILES string of the molecule is N#Cc1ccc(O[C@H]2CC[C@H](NC(=O)c3ccc(N4CCC(CN5CCN(C(=O)O)CC5)CC4)nn3)CC2)cc1Cl. The van der Waals surface area contributed by atoms with Gasteiger partial charge in [0.05, 0.1) is 16.7 Å². The Hall–Kier alpha value is -3.62. The van der Waals surface area contributed by atoms with E-state index in [1.165, 1.54) is 4.90 Å². The Morgan fingerprint density at radius 1 is 1.00 bits per heavy atom. The summed E-state index contributed by atoms with van der Waals surface area (Å²) in [5, 5.41) is 30.2. The lowest BCUT2D eigenvalue weighted by Crippen LogP contribution is -2.50. The molecule has 3 heterocycles. The second kappa shape index (κ2) is 13.4. The van der Waals surface area contributed by atoms with Crippen molar-refractivity contribution >= 4 is 29.4 Å². The first-order valence-corrected chi connectivity index (χ1v) is 14.7. The average Bonchev–Trinajstić information content (AvgIpc) is 2.99. The van der Waals surface area contributed by atoms with Gasteiger partial charge in [0.15, 0.2) is 11.5 Å². The summed E-state index contributed by atoms with van der Waals surface area (Å²) in [6.07, 6.45) is 4.53. The van der Waals surface area contributed by atoms with E-state index in [-0.39, 0.29) is 18.1 Å². The first-order valence-electron chi connectivity index (χ1n) is 14.3. The standard InChI is InChI=1S/C29H36ClN7O4/c30-25-17-24(4-1-21(25)18-31)41-23-5-2-22(3-6-23)32-28(38)26-7-8-27(34-33-26)36-11-9-20(10-12-36)19-35-13-15-37(16-14-35)29(39)40/h1,4,7-8,17,20,22-23H,2-3,5-6,9-16,19H2,(H,32,38)(H,39,40)/t22-,23-. The molecule has 0 atom stereocenters. The number of nitrogens with zero attached hydrogens (tertiary/aromatic N) is 6. The van der Waals surface area contributed by atoms with Crippen molar-refractivity contribution in [3.63, 3.8) is 0 Å². The second-order valence-corrected chi connectivity index (χ2v) is 11.5. The van der Waals surface area contributed by atoms with Gasteiger partial charge >= 0.3 is 6.09 Å². The smallest absolute Gasteiger partial charge is 0.407 e. The molecule has 2 N–H and O–H groups in total. The molecule has 1 aromatic heterocycles. The van der Waals surface area contributed by atoms with Crippen molar-refractivity contribution in [2.24, 2.45) is 5.92 Å². The summed E-state index contributed by atoms with van der Waals surface area (Å²) in [6.45, 7) is 5.53. The van der Waals surface area contributed by atoms with E-state index in [0.717, 1.165) is 77.1 Å². The zero-order valence-corrected chi connectivity index (χ0v) is 23.8. The number of hydrogen-bond acceptors (Lipinski definition) is 8. The molecular formula is C29H36ClN7O4. The van der Waals surface area contributed by atoms with Crippen molar-refractivity contribution < 1.29 is 19.4 Å². The Morgan fingerprint density at radius 3 is 2.34 bits per heavy atom. The molecule has 3 aliphatic rings. The second-order valence-electron chi connectivity index (χ2n) is 11.1. The summed E-state index contributed by atoms with van der Waals surface area (Å²) in [6, 6.07) is 10.8. The minimum Gasteiger partial charge on any atom is -0.490 e. The van der Waals surface area contributed by atoms with Crippen LogP contribution in [0.5, 0.6) is 5.75 Å². The predicted octanol–water partition coefficient (Wildman–Crippen LogP) is 3.63. The van der Waals surface area contributed by atoms with Crippen molar-refractivity contribution in [3.05, 3.63) is 46.6 Å². The lowest BCUT2D eigenvalue weighted by molar-refractivity contribution is 0.0887. The number of piperazine rings is 1. The van der Waals surface area contributed by atoms with E-state index in [4.69, 9.17) is 26.7 Å². The summed E-state index contributed by atoms with van der Waals surface area (Å²) in [4.78, 5) is 30.0. The minimum atomic E-state index is -0.830. The van der Waals surface area contributed by atoms with Crippen LogP contribution in [-0.4, -0.2) is 95.1 Å². The molecule has 1 saturated carbocycles. The van der Waals surface area contributed by atoms with Gasteiger partial charge in [-0.2, -0.15) is 5.26 Å². The minimum absolute atomic E-state index is 0.0394. The summed E-state index contributed by atoms with van der Waals surface area (Å²) < 4.78 is 6.04. The third kappa shape index (κ3) is 7.57. The molecule has 0 radical (unpaired) electrons. The molecule has 3 fully saturated rings. The number of carbonyl (C=O) groups is 2. The molecule has 0 unspecified atom stereocenters. The first kappa shape index (κ1) is 28.9. The van der Waals surface area contributed by atoms with Crippen molar-refractivity contribution in [1.29, 1.82) is 5.26 Å². The van der Waals surface area contributed by atoms with E-state index >= 15 is 0 Å². The van der Waals surface area contributed by atoms with Crippen LogP contribution in [0.2, 0.25) is 5.02 Å². The normalized spacial score (nSPS) is 22.1. The van der Waals surface area contributed by atoms with Gasteiger partial charge in [-0.15, -0.1) is 10.2 Å². The van der Waals surface area contributed by atoms with Gasteiger partial charge in [0.25, 0.3) is 5.91 Å². The van der Waals surface area contributed by atoms with Crippen LogP contribution in [-0.2, 0) is 0 Å². The number of carboxylic acid groups (broad SMARTS) is 1. The van der Waals surface area contributed by atoms with Crippen molar-refractivity contribution in [2.45, 2.75) is 50.7 Å². The molecule has 5 rings (SSSR count). The van der Waals surface area contributed by atoms with Crippen LogP contribution < -0.4 is 15.0 Å². The number of carbonyl (C=O) groups excluding carboxylic acids is 1. The fraction of sp³-hybridized carbons (Fsp3) is 0.552. The van der Waals surface area contributed by atoms with Crippen molar-refractivity contribution in [1.82, 2.24) is 25.3 Å². The predicted molar refractivity (Wildman–Crippen MR) is 153 cm³/mol.